The Balaban J connectivity index is 2.59. The number of anilines is 1. The van der Waals surface area contributed by atoms with Crippen LogP contribution >= 0.6 is 0 Å². The molecule has 1 aromatic rings. The highest BCUT2D eigenvalue weighted by atomic mass is 28.4. The molecule has 0 aliphatic heterocycles. The van der Waals surface area contributed by atoms with E-state index in [2.05, 4.69) is 39.3 Å². The molecule has 0 aliphatic rings. The third-order valence-corrected chi connectivity index (χ3v) is 8.67. The Bertz CT molecular complexity index is 417. The number of hydrogen-bond donors (Lipinski definition) is 2. The van der Waals surface area contributed by atoms with Crippen molar-refractivity contribution in [3.05, 3.63) is 30.3 Å². The van der Waals surface area contributed by atoms with Crippen molar-refractivity contribution in [3.8, 4) is 0 Å². The number of para-hydroxylation sites is 1. The van der Waals surface area contributed by atoms with Gasteiger partial charge in [0, 0.05) is 0 Å². The molecule has 0 saturated carbocycles. The molecular formula is C16H29NO3Si. The fourth-order valence-electron chi connectivity index (χ4n) is 1.65. The van der Waals surface area contributed by atoms with E-state index in [1.807, 2.05) is 37.3 Å². The number of aliphatic hydroxyl groups excluding tert-OH is 1. The topological polar surface area (TPSA) is 50.7 Å². The summed E-state index contributed by atoms with van der Waals surface area (Å²) in [6.45, 7) is 12.9. The summed E-state index contributed by atoms with van der Waals surface area (Å²) in [4.78, 5) is 5.59. The Morgan fingerprint density at radius 1 is 1.19 bits per heavy atom. The largest absolute Gasteiger partial charge is 0.411 e. The molecule has 1 aromatic carbocycles. The second-order valence-electron chi connectivity index (χ2n) is 6.89. The summed E-state index contributed by atoms with van der Waals surface area (Å²) in [5.41, 5.74) is 3.73. The van der Waals surface area contributed by atoms with Crippen molar-refractivity contribution in [1.29, 1.82) is 0 Å². The number of rotatable bonds is 7. The number of nitrogens with one attached hydrogen (secondary N) is 1. The average Bonchev–Trinajstić information content (AvgIpc) is 2.38. The molecule has 2 atom stereocenters. The summed E-state index contributed by atoms with van der Waals surface area (Å²) in [5.74, 6) is 0. The minimum Gasteiger partial charge on any atom is -0.411 e. The maximum Gasteiger partial charge on any atom is 0.192 e. The van der Waals surface area contributed by atoms with E-state index in [0.29, 0.717) is 0 Å². The number of aliphatic hydroxyl groups is 1. The van der Waals surface area contributed by atoms with Crippen molar-refractivity contribution in [2.45, 2.75) is 58.0 Å². The van der Waals surface area contributed by atoms with Gasteiger partial charge in [0.1, 0.15) is 6.10 Å². The standard InChI is InChI=1S/C16H29NO3Si/c1-13(20-21(5,6)16(2,3)4)15(12-18)19-17-14-10-8-7-9-11-14/h7-11,13,15,17-18H,12H2,1-6H3/t13-,15-/m1/s1. The molecule has 2 N–H and O–H groups in total. The van der Waals surface area contributed by atoms with Gasteiger partial charge < -0.3 is 9.53 Å². The van der Waals surface area contributed by atoms with Gasteiger partial charge in [-0.15, -0.1) is 0 Å². The van der Waals surface area contributed by atoms with E-state index in [1.54, 1.807) is 0 Å². The van der Waals surface area contributed by atoms with Gasteiger partial charge in [-0.25, -0.2) is 0 Å². The first-order valence-electron chi connectivity index (χ1n) is 7.43. The molecule has 0 spiro atoms. The molecule has 120 valence electrons. The van der Waals surface area contributed by atoms with Crippen LogP contribution < -0.4 is 5.48 Å². The smallest absolute Gasteiger partial charge is 0.192 e. The van der Waals surface area contributed by atoms with Crippen molar-refractivity contribution in [2.75, 3.05) is 12.1 Å². The summed E-state index contributed by atoms with van der Waals surface area (Å²) in [7, 11) is -1.87. The van der Waals surface area contributed by atoms with Gasteiger partial charge in [0.05, 0.1) is 18.4 Å². The zero-order valence-corrected chi connectivity index (χ0v) is 15.0. The molecule has 0 heterocycles. The predicted molar refractivity (Wildman–Crippen MR) is 89.8 cm³/mol. The van der Waals surface area contributed by atoms with Crippen LogP contribution in [-0.2, 0) is 9.26 Å². The van der Waals surface area contributed by atoms with E-state index in [-0.39, 0.29) is 17.7 Å². The van der Waals surface area contributed by atoms with E-state index in [1.165, 1.54) is 0 Å². The van der Waals surface area contributed by atoms with Crippen LogP contribution in [0.15, 0.2) is 30.3 Å². The molecular weight excluding hydrogens is 282 g/mol. The van der Waals surface area contributed by atoms with Crippen molar-refractivity contribution in [1.82, 2.24) is 0 Å². The Morgan fingerprint density at radius 3 is 2.24 bits per heavy atom. The summed E-state index contributed by atoms with van der Waals surface area (Å²) in [6, 6.07) is 9.61. The van der Waals surface area contributed by atoms with E-state index >= 15 is 0 Å². The number of benzene rings is 1. The van der Waals surface area contributed by atoms with Crippen LogP contribution in [0, 0.1) is 0 Å². The molecule has 21 heavy (non-hydrogen) atoms. The second kappa shape index (κ2) is 7.40. The van der Waals surface area contributed by atoms with Crippen LogP contribution in [0.5, 0.6) is 0 Å². The van der Waals surface area contributed by atoms with Crippen molar-refractivity contribution in [2.24, 2.45) is 0 Å². The summed E-state index contributed by atoms with van der Waals surface area (Å²) >= 11 is 0. The average molecular weight is 311 g/mol. The maximum absolute atomic E-state index is 9.54. The lowest BCUT2D eigenvalue weighted by Gasteiger charge is -2.39. The van der Waals surface area contributed by atoms with E-state index in [9.17, 15) is 5.11 Å². The fraction of sp³-hybridized carbons (Fsp3) is 0.625. The zero-order chi connectivity index (χ0) is 16.1. The molecule has 0 amide bonds. The molecule has 0 radical (unpaired) electrons. The molecule has 1 rings (SSSR count). The minimum absolute atomic E-state index is 0.0877. The summed E-state index contributed by atoms with van der Waals surface area (Å²) in [6.07, 6.45) is -0.577. The van der Waals surface area contributed by atoms with E-state index in [0.717, 1.165) is 5.69 Å². The van der Waals surface area contributed by atoms with Gasteiger partial charge in [0.2, 0.25) is 0 Å². The fourth-order valence-corrected chi connectivity index (χ4v) is 3.08. The van der Waals surface area contributed by atoms with Gasteiger partial charge in [-0.05, 0) is 37.2 Å². The molecule has 0 fully saturated rings. The first-order valence-corrected chi connectivity index (χ1v) is 10.3. The number of hydrogen-bond acceptors (Lipinski definition) is 4. The molecule has 0 saturated heterocycles. The van der Waals surface area contributed by atoms with E-state index in [4.69, 9.17) is 9.26 Å². The van der Waals surface area contributed by atoms with Crippen LogP contribution in [0.4, 0.5) is 5.69 Å². The Morgan fingerprint density at radius 2 is 1.76 bits per heavy atom. The lowest BCUT2D eigenvalue weighted by Crippen LogP contribution is -2.47. The van der Waals surface area contributed by atoms with Crippen LogP contribution in [0.3, 0.4) is 0 Å². The maximum atomic E-state index is 9.54. The van der Waals surface area contributed by atoms with Gasteiger partial charge in [0.15, 0.2) is 8.32 Å². The Kier molecular flexibility index (Phi) is 6.40. The molecule has 4 nitrogen and oxygen atoms in total. The lowest BCUT2D eigenvalue weighted by molar-refractivity contribution is -0.0282. The first kappa shape index (κ1) is 18.2. The molecule has 0 bridgehead atoms. The highest BCUT2D eigenvalue weighted by Gasteiger charge is 2.39. The molecule has 0 aromatic heterocycles. The summed E-state index contributed by atoms with van der Waals surface area (Å²) in [5, 5.41) is 9.68. The minimum atomic E-state index is -1.87. The molecule has 0 aliphatic carbocycles. The van der Waals surface area contributed by atoms with Crippen LogP contribution in [0.1, 0.15) is 27.7 Å². The van der Waals surface area contributed by atoms with Crippen LogP contribution in [-0.4, -0.2) is 32.2 Å². The third kappa shape index (κ3) is 5.43. The van der Waals surface area contributed by atoms with Gasteiger partial charge in [-0.2, -0.15) is 0 Å². The molecule has 0 unspecified atom stereocenters. The SMILES string of the molecule is C[C@@H](O[Si](C)(C)C(C)(C)C)[C@@H](CO)ONc1ccccc1. The van der Waals surface area contributed by atoms with Crippen molar-refractivity contribution < 1.29 is 14.4 Å². The van der Waals surface area contributed by atoms with Gasteiger partial charge >= 0.3 is 0 Å². The Hall–Kier alpha value is -0.883. The first-order chi connectivity index (χ1) is 9.67. The van der Waals surface area contributed by atoms with Crippen molar-refractivity contribution >= 4 is 14.0 Å². The van der Waals surface area contributed by atoms with E-state index < -0.39 is 14.4 Å². The Labute approximate surface area is 129 Å². The van der Waals surface area contributed by atoms with Crippen molar-refractivity contribution in [3.63, 3.8) is 0 Å². The zero-order valence-electron chi connectivity index (χ0n) is 14.0. The normalized spacial score (nSPS) is 15.6. The van der Waals surface area contributed by atoms with Crippen LogP contribution in [0.2, 0.25) is 18.1 Å². The predicted octanol–water partition coefficient (Wildman–Crippen LogP) is 3.80. The van der Waals surface area contributed by atoms with Gasteiger partial charge in [-0.1, -0.05) is 39.0 Å². The monoisotopic (exact) mass is 311 g/mol. The van der Waals surface area contributed by atoms with Gasteiger partial charge in [0.25, 0.3) is 0 Å². The molecule has 5 heteroatoms. The van der Waals surface area contributed by atoms with Crippen LogP contribution in [0.25, 0.3) is 0 Å². The quantitative estimate of drug-likeness (QED) is 0.594. The summed E-state index contributed by atoms with van der Waals surface area (Å²) < 4.78 is 6.26. The highest BCUT2D eigenvalue weighted by molar-refractivity contribution is 6.74. The third-order valence-electron chi connectivity index (χ3n) is 4.09. The van der Waals surface area contributed by atoms with Gasteiger partial charge in [-0.3, -0.25) is 10.3 Å². The highest BCUT2D eigenvalue weighted by Crippen LogP contribution is 2.37. The lowest BCUT2D eigenvalue weighted by atomic mass is 10.2. The second-order valence-corrected chi connectivity index (χ2v) is 11.6.